The van der Waals surface area contributed by atoms with Crippen LogP contribution in [0.5, 0.6) is 5.75 Å². The van der Waals surface area contributed by atoms with Crippen LogP contribution in [0.4, 0.5) is 0 Å². The predicted molar refractivity (Wildman–Crippen MR) is 78.1 cm³/mol. The number of hydrogen-bond acceptors (Lipinski definition) is 3. The Morgan fingerprint density at radius 1 is 0.947 bits per heavy atom. The lowest BCUT2D eigenvalue weighted by Crippen LogP contribution is -2.27. The Labute approximate surface area is 120 Å². The first kappa shape index (κ1) is 16.3. The van der Waals surface area contributed by atoms with E-state index in [1.165, 1.54) is 0 Å². The molecule has 0 N–H and O–H groups in total. The van der Waals surface area contributed by atoms with Crippen LogP contribution >= 0.6 is 11.6 Å². The Balaban J connectivity index is 3.52. The molecule has 0 aliphatic heterocycles. The van der Waals surface area contributed by atoms with Gasteiger partial charge in [-0.05, 0) is 24.5 Å². The zero-order valence-electron chi connectivity index (χ0n) is 12.8. The molecule has 0 fully saturated rings. The minimum Gasteiger partial charge on any atom is -0.495 e. The highest BCUT2D eigenvalue weighted by molar-refractivity contribution is 6.32. The van der Waals surface area contributed by atoms with Crippen LogP contribution in [-0.2, 0) is 20.7 Å². The molecule has 0 saturated carbocycles. The molecule has 108 valence electrons. The van der Waals surface area contributed by atoms with E-state index < -0.39 is 5.79 Å². The van der Waals surface area contributed by atoms with Gasteiger partial charge < -0.3 is 14.2 Å². The number of ether oxygens (including phenoxy) is 3. The number of benzene rings is 1. The van der Waals surface area contributed by atoms with E-state index in [0.29, 0.717) is 10.8 Å². The van der Waals surface area contributed by atoms with Crippen LogP contribution < -0.4 is 4.74 Å². The van der Waals surface area contributed by atoms with Gasteiger partial charge in [0.1, 0.15) is 5.75 Å². The van der Waals surface area contributed by atoms with Gasteiger partial charge in [-0.25, -0.2) is 0 Å². The molecular formula is C15H23ClO3. The highest BCUT2D eigenvalue weighted by Gasteiger charge is 2.30. The average molecular weight is 287 g/mol. The fourth-order valence-corrected chi connectivity index (χ4v) is 2.24. The van der Waals surface area contributed by atoms with Crippen molar-refractivity contribution in [3.63, 3.8) is 0 Å². The van der Waals surface area contributed by atoms with E-state index in [2.05, 4.69) is 20.8 Å². The van der Waals surface area contributed by atoms with Gasteiger partial charge >= 0.3 is 0 Å². The van der Waals surface area contributed by atoms with Crippen LogP contribution in [0, 0.1) is 0 Å². The molecule has 0 saturated heterocycles. The van der Waals surface area contributed by atoms with Crippen LogP contribution in [0.1, 0.15) is 38.8 Å². The second-order valence-electron chi connectivity index (χ2n) is 5.64. The molecule has 0 aromatic heterocycles. The largest absolute Gasteiger partial charge is 0.495 e. The Bertz CT molecular complexity index is 445. The Morgan fingerprint density at radius 3 is 1.84 bits per heavy atom. The third-order valence-corrected chi connectivity index (χ3v) is 3.64. The molecule has 0 amide bonds. The molecule has 0 bridgehead atoms. The highest BCUT2D eigenvalue weighted by Crippen LogP contribution is 2.40. The molecule has 0 aliphatic rings. The molecule has 0 radical (unpaired) electrons. The molecule has 0 aliphatic carbocycles. The normalized spacial score (nSPS) is 12.6. The fraction of sp³-hybridized carbons (Fsp3) is 0.600. The Kier molecular flexibility index (Phi) is 4.88. The molecule has 0 spiro atoms. The van der Waals surface area contributed by atoms with E-state index in [0.717, 1.165) is 11.1 Å². The summed E-state index contributed by atoms with van der Waals surface area (Å²) in [5.41, 5.74) is 1.80. The first-order chi connectivity index (χ1) is 8.69. The van der Waals surface area contributed by atoms with Crippen molar-refractivity contribution in [1.29, 1.82) is 0 Å². The summed E-state index contributed by atoms with van der Waals surface area (Å²) in [7, 11) is 4.85. The van der Waals surface area contributed by atoms with Gasteiger partial charge in [-0.3, -0.25) is 0 Å². The smallest absolute Gasteiger partial charge is 0.191 e. The van der Waals surface area contributed by atoms with Crippen molar-refractivity contribution in [2.45, 2.75) is 38.9 Å². The summed E-state index contributed by atoms with van der Waals surface area (Å²) in [4.78, 5) is 0. The van der Waals surface area contributed by atoms with Crippen LogP contribution in [0.2, 0.25) is 5.02 Å². The summed E-state index contributed by atoms with van der Waals surface area (Å²) < 4.78 is 16.3. The van der Waals surface area contributed by atoms with E-state index in [-0.39, 0.29) is 5.41 Å². The van der Waals surface area contributed by atoms with Crippen molar-refractivity contribution in [3.8, 4) is 5.75 Å². The van der Waals surface area contributed by atoms with Gasteiger partial charge in [-0.15, -0.1) is 0 Å². The standard InChI is InChI=1S/C15H23ClO3/c1-14(2,3)11-8-10(15(4,18-6)19-7)9-12(16)13(11)17-5/h8-9H,1-7H3. The molecule has 4 heteroatoms. The minimum absolute atomic E-state index is 0.0899. The molecule has 0 atom stereocenters. The number of rotatable bonds is 4. The number of hydrogen-bond donors (Lipinski definition) is 0. The van der Waals surface area contributed by atoms with Crippen LogP contribution in [0.15, 0.2) is 12.1 Å². The van der Waals surface area contributed by atoms with Gasteiger partial charge in [0.15, 0.2) is 5.79 Å². The van der Waals surface area contributed by atoms with Gasteiger partial charge in [0, 0.05) is 25.3 Å². The molecule has 3 nitrogen and oxygen atoms in total. The molecule has 1 aromatic carbocycles. The van der Waals surface area contributed by atoms with E-state index in [1.54, 1.807) is 21.3 Å². The van der Waals surface area contributed by atoms with Crippen LogP contribution in [-0.4, -0.2) is 21.3 Å². The van der Waals surface area contributed by atoms with Crippen molar-refractivity contribution in [2.75, 3.05) is 21.3 Å². The second-order valence-corrected chi connectivity index (χ2v) is 6.05. The molecule has 19 heavy (non-hydrogen) atoms. The quantitative estimate of drug-likeness (QED) is 0.780. The van der Waals surface area contributed by atoms with Gasteiger partial charge in [0.2, 0.25) is 0 Å². The van der Waals surface area contributed by atoms with Crippen molar-refractivity contribution < 1.29 is 14.2 Å². The molecule has 0 unspecified atom stereocenters. The van der Waals surface area contributed by atoms with Gasteiger partial charge in [-0.2, -0.15) is 0 Å². The van der Waals surface area contributed by atoms with E-state index in [4.69, 9.17) is 25.8 Å². The summed E-state index contributed by atoms with van der Waals surface area (Å²) >= 11 is 6.32. The van der Waals surface area contributed by atoms with Gasteiger partial charge in [-0.1, -0.05) is 32.4 Å². The van der Waals surface area contributed by atoms with Crippen LogP contribution in [0.3, 0.4) is 0 Å². The monoisotopic (exact) mass is 286 g/mol. The highest BCUT2D eigenvalue weighted by atomic mass is 35.5. The maximum absolute atomic E-state index is 6.32. The fourth-order valence-electron chi connectivity index (χ4n) is 1.94. The Morgan fingerprint density at radius 2 is 1.47 bits per heavy atom. The Hall–Kier alpha value is -0.770. The zero-order chi connectivity index (χ0) is 14.8. The predicted octanol–water partition coefficient (Wildman–Crippen LogP) is 4.11. The summed E-state index contributed by atoms with van der Waals surface area (Å²) in [6.45, 7) is 8.20. The third-order valence-electron chi connectivity index (χ3n) is 3.36. The lowest BCUT2D eigenvalue weighted by molar-refractivity contribution is -0.201. The van der Waals surface area contributed by atoms with Crippen molar-refractivity contribution in [2.24, 2.45) is 0 Å². The van der Waals surface area contributed by atoms with Crippen molar-refractivity contribution in [1.82, 2.24) is 0 Å². The summed E-state index contributed by atoms with van der Waals surface area (Å²) in [5, 5.41) is 0.560. The van der Waals surface area contributed by atoms with E-state index >= 15 is 0 Å². The molecule has 0 heterocycles. The van der Waals surface area contributed by atoms with Gasteiger partial charge in [0.25, 0.3) is 0 Å². The zero-order valence-corrected chi connectivity index (χ0v) is 13.5. The number of methoxy groups -OCH3 is 3. The molecular weight excluding hydrogens is 264 g/mol. The van der Waals surface area contributed by atoms with Crippen LogP contribution in [0.25, 0.3) is 0 Å². The molecule has 1 aromatic rings. The average Bonchev–Trinajstić information content (AvgIpc) is 2.35. The summed E-state index contributed by atoms with van der Waals surface area (Å²) in [6.07, 6.45) is 0. The number of halogens is 1. The minimum atomic E-state index is -0.824. The molecule has 1 rings (SSSR count). The third kappa shape index (κ3) is 3.22. The summed E-state index contributed by atoms with van der Waals surface area (Å²) in [6, 6.07) is 3.85. The van der Waals surface area contributed by atoms with Crippen molar-refractivity contribution >= 4 is 11.6 Å². The van der Waals surface area contributed by atoms with E-state index in [1.807, 2.05) is 19.1 Å². The van der Waals surface area contributed by atoms with E-state index in [9.17, 15) is 0 Å². The lowest BCUT2D eigenvalue weighted by Gasteiger charge is -2.30. The maximum atomic E-state index is 6.32. The second kappa shape index (κ2) is 5.70. The SMILES string of the molecule is COc1c(Cl)cc(C(C)(OC)OC)cc1C(C)(C)C. The maximum Gasteiger partial charge on any atom is 0.191 e. The lowest BCUT2D eigenvalue weighted by atomic mass is 9.84. The topological polar surface area (TPSA) is 27.7 Å². The van der Waals surface area contributed by atoms with Crippen molar-refractivity contribution in [3.05, 3.63) is 28.3 Å². The summed E-state index contributed by atoms with van der Waals surface area (Å²) in [5.74, 6) is -0.122. The first-order valence-electron chi connectivity index (χ1n) is 6.18. The van der Waals surface area contributed by atoms with Gasteiger partial charge in [0.05, 0.1) is 12.1 Å². The first-order valence-corrected chi connectivity index (χ1v) is 6.56.